The molecule has 0 saturated carbocycles. The van der Waals surface area contributed by atoms with Crippen molar-refractivity contribution in [1.82, 2.24) is 4.31 Å². The van der Waals surface area contributed by atoms with Gasteiger partial charge in [-0.1, -0.05) is 11.8 Å². The van der Waals surface area contributed by atoms with Crippen LogP contribution in [0.2, 0.25) is 0 Å². The summed E-state index contributed by atoms with van der Waals surface area (Å²) in [5.74, 6) is 4.82. The summed E-state index contributed by atoms with van der Waals surface area (Å²) in [5.41, 5.74) is 6.10. The summed E-state index contributed by atoms with van der Waals surface area (Å²) < 4.78 is 47.2. The third-order valence-corrected chi connectivity index (χ3v) is 6.46. The van der Waals surface area contributed by atoms with E-state index in [1.807, 2.05) is 5.38 Å². The average molecular weight is 350 g/mol. The molecule has 1 aromatic rings. The number of hydrogen-bond donors (Lipinski definition) is 1. The van der Waals surface area contributed by atoms with E-state index in [1.54, 1.807) is 6.07 Å². The second-order valence-corrected chi connectivity index (χ2v) is 9.89. The van der Waals surface area contributed by atoms with Crippen LogP contribution in [0, 0.1) is 11.8 Å². The maximum absolute atomic E-state index is 12.0. The molecule has 0 atom stereocenters. The Morgan fingerprint density at radius 1 is 1.29 bits per heavy atom. The maximum Gasteiger partial charge on any atom is 0.215 e. The summed E-state index contributed by atoms with van der Waals surface area (Å²) in [6.07, 6.45) is 1.02. The van der Waals surface area contributed by atoms with Gasteiger partial charge in [-0.15, -0.1) is 11.3 Å². The van der Waals surface area contributed by atoms with E-state index in [9.17, 15) is 16.8 Å². The molecule has 0 aliphatic heterocycles. The van der Waals surface area contributed by atoms with Gasteiger partial charge in [0.1, 0.15) is 9.84 Å². The SMILES string of the molecule is CN(Cc1csc(C#CCN)c1)S(=O)(=O)CCS(C)(=O)=O. The Labute approximate surface area is 129 Å². The molecule has 0 amide bonds. The first kappa shape index (κ1) is 18.1. The molecule has 2 N–H and O–H groups in total. The van der Waals surface area contributed by atoms with E-state index in [-0.39, 0.29) is 18.8 Å². The Balaban J connectivity index is 2.71. The van der Waals surface area contributed by atoms with E-state index in [0.717, 1.165) is 21.0 Å². The predicted molar refractivity (Wildman–Crippen MR) is 85.2 cm³/mol. The lowest BCUT2D eigenvalue weighted by molar-refractivity contribution is 0.468. The summed E-state index contributed by atoms with van der Waals surface area (Å²) in [6.45, 7) is 0.458. The number of hydrogen-bond acceptors (Lipinski definition) is 6. The van der Waals surface area contributed by atoms with E-state index in [1.165, 1.54) is 18.4 Å². The van der Waals surface area contributed by atoms with Crippen LogP contribution >= 0.6 is 11.3 Å². The normalized spacial score (nSPS) is 12.2. The Morgan fingerprint density at radius 2 is 1.95 bits per heavy atom. The zero-order valence-corrected chi connectivity index (χ0v) is 14.3. The Hall–Kier alpha value is -0.920. The Kier molecular flexibility index (Phi) is 6.37. The van der Waals surface area contributed by atoms with E-state index < -0.39 is 25.6 Å². The summed E-state index contributed by atoms with van der Waals surface area (Å²) in [6, 6.07) is 1.80. The third-order valence-electron chi connectivity index (χ3n) is 2.56. The molecule has 0 fully saturated rings. The molecule has 0 bridgehead atoms. The van der Waals surface area contributed by atoms with Crippen molar-refractivity contribution in [2.24, 2.45) is 5.73 Å². The zero-order valence-electron chi connectivity index (χ0n) is 11.9. The van der Waals surface area contributed by atoms with E-state index in [0.29, 0.717) is 0 Å². The van der Waals surface area contributed by atoms with Crippen LogP contribution in [0.1, 0.15) is 10.4 Å². The first-order valence-corrected chi connectivity index (χ1v) is 10.6. The molecule has 1 rings (SSSR count). The summed E-state index contributed by atoms with van der Waals surface area (Å²) in [7, 11) is -5.47. The fourth-order valence-electron chi connectivity index (χ4n) is 1.43. The second kappa shape index (κ2) is 7.38. The first-order valence-electron chi connectivity index (χ1n) is 6.02. The standard InChI is InChI=1S/C12H18N2O4S3/c1-14(21(17,18)7-6-20(2,15)16)9-11-8-12(19-10-11)4-3-5-13/h8,10H,5-7,9,13H2,1-2H3. The fraction of sp³-hybridized carbons (Fsp3) is 0.500. The van der Waals surface area contributed by atoms with Crippen LogP contribution in [0.15, 0.2) is 11.4 Å². The average Bonchev–Trinajstić information content (AvgIpc) is 2.81. The maximum atomic E-state index is 12.0. The smallest absolute Gasteiger partial charge is 0.215 e. The van der Waals surface area contributed by atoms with Gasteiger partial charge < -0.3 is 5.73 Å². The fourth-order valence-corrected chi connectivity index (χ4v) is 4.91. The highest BCUT2D eigenvalue weighted by Gasteiger charge is 2.20. The molecule has 6 nitrogen and oxygen atoms in total. The summed E-state index contributed by atoms with van der Waals surface area (Å²) in [5, 5.41) is 1.82. The Bertz CT molecular complexity index is 739. The van der Waals surface area contributed by atoms with Crippen molar-refractivity contribution >= 4 is 31.2 Å². The van der Waals surface area contributed by atoms with Crippen molar-refractivity contribution in [3.63, 3.8) is 0 Å². The number of nitrogens with two attached hydrogens (primary N) is 1. The minimum atomic E-state index is -3.60. The lowest BCUT2D eigenvalue weighted by Crippen LogP contribution is -2.31. The molecule has 118 valence electrons. The molecule has 9 heteroatoms. The van der Waals surface area contributed by atoms with Crippen molar-refractivity contribution in [1.29, 1.82) is 0 Å². The highest BCUT2D eigenvalue weighted by molar-refractivity contribution is 7.93. The van der Waals surface area contributed by atoms with Gasteiger partial charge in [0, 0.05) is 19.8 Å². The third kappa shape index (κ3) is 6.58. The summed E-state index contributed by atoms with van der Waals surface area (Å²) >= 11 is 1.41. The number of nitrogens with zero attached hydrogens (tertiary/aromatic N) is 1. The van der Waals surface area contributed by atoms with Gasteiger partial charge in [0.25, 0.3) is 0 Å². The highest BCUT2D eigenvalue weighted by Crippen LogP contribution is 2.16. The molecule has 0 aromatic carbocycles. The topological polar surface area (TPSA) is 97.5 Å². The highest BCUT2D eigenvalue weighted by atomic mass is 32.2. The van der Waals surface area contributed by atoms with Crippen molar-refractivity contribution in [3.05, 3.63) is 21.9 Å². The monoisotopic (exact) mass is 350 g/mol. The van der Waals surface area contributed by atoms with Gasteiger partial charge in [-0.05, 0) is 17.0 Å². The molecule has 0 aliphatic rings. The predicted octanol–water partition coefficient (Wildman–Crippen LogP) is -0.135. The minimum Gasteiger partial charge on any atom is -0.320 e. The van der Waals surface area contributed by atoms with Crippen molar-refractivity contribution in [2.75, 3.05) is 31.4 Å². The molecule has 0 radical (unpaired) electrons. The molecular formula is C12H18N2O4S3. The molecule has 1 aromatic heterocycles. The molecule has 21 heavy (non-hydrogen) atoms. The van der Waals surface area contributed by atoms with Crippen LogP contribution in [-0.2, 0) is 26.4 Å². The summed E-state index contributed by atoms with van der Waals surface area (Å²) in [4.78, 5) is 0.817. The zero-order chi connectivity index (χ0) is 16.1. The Morgan fingerprint density at radius 3 is 2.52 bits per heavy atom. The van der Waals surface area contributed by atoms with Crippen LogP contribution < -0.4 is 5.73 Å². The number of rotatable bonds is 6. The molecule has 1 heterocycles. The second-order valence-electron chi connectivity index (χ2n) is 4.53. The van der Waals surface area contributed by atoms with Gasteiger partial charge in [0.05, 0.1) is 22.9 Å². The van der Waals surface area contributed by atoms with Crippen LogP contribution in [0.25, 0.3) is 0 Å². The number of sulfonamides is 1. The van der Waals surface area contributed by atoms with E-state index in [2.05, 4.69) is 11.8 Å². The van der Waals surface area contributed by atoms with E-state index >= 15 is 0 Å². The first-order chi connectivity index (χ1) is 9.64. The number of thiophene rings is 1. The molecule has 0 unspecified atom stereocenters. The van der Waals surface area contributed by atoms with Crippen LogP contribution in [0.3, 0.4) is 0 Å². The largest absolute Gasteiger partial charge is 0.320 e. The number of sulfone groups is 1. The van der Waals surface area contributed by atoms with Gasteiger partial charge in [-0.25, -0.2) is 21.1 Å². The van der Waals surface area contributed by atoms with Gasteiger partial charge in [0.15, 0.2) is 0 Å². The van der Waals surface area contributed by atoms with Crippen molar-refractivity contribution in [2.45, 2.75) is 6.54 Å². The van der Waals surface area contributed by atoms with Crippen molar-refractivity contribution < 1.29 is 16.8 Å². The van der Waals surface area contributed by atoms with Crippen molar-refractivity contribution in [3.8, 4) is 11.8 Å². The van der Waals surface area contributed by atoms with Gasteiger partial charge in [0.2, 0.25) is 10.0 Å². The lowest BCUT2D eigenvalue weighted by Gasteiger charge is -2.16. The van der Waals surface area contributed by atoms with Gasteiger partial charge >= 0.3 is 0 Å². The quantitative estimate of drug-likeness (QED) is 0.721. The molecule has 0 aliphatic carbocycles. The molecular weight excluding hydrogens is 332 g/mol. The van der Waals surface area contributed by atoms with E-state index in [4.69, 9.17) is 5.73 Å². The van der Waals surface area contributed by atoms with Crippen LogP contribution in [-0.4, -0.2) is 52.5 Å². The van der Waals surface area contributed by atoms with Crippen LogP contribution in [0.5, 0.6) is 0 Å². The molecule has 0 saturated heterocycles. The lowest BCUT2D eigenvalue weighted by atomic mass is 10.3. The molecule has 0 spiro atoms. The minimum absolute atomic E-state index is 0.187. The van der Waals surface area contributed by atoms with Gasteiger partial charge in [-0.2, -0.15) is 0 Å². The van der Waals surface area contributed by atoms with Gasteiger partial charge in [-0.3, -0.25) is 0 Å². The van der Waals surface area contributed by atoms with Crippen LogP contribution in [0.4, 0.5) is 0 Å².